The Morgan fingerprint density at radius 2 is 2.13 bits per heavy atom. The molecule has 1 aromatic rings. The van der Waals surface area contributed by atoms with Gasteiger partial charge in [0.05, 0.1) is 6.04 Å². The minimum absolute atomic E-state index is 0.0393. The number of aryl methyl sites for hydroxylation is 1. The first kappa shape index (κ1) is 10.3. The van der Waals surface area contributed by atoms with Gasteiger partial charge in [0.2, 0.25) is 0 Å². The molecule has 80 valence electrons. The lowest BCUT2D eigenvalue weighted by Crippen LogP contribution is -2.25. The van der Waals surface area contributed by atoms with Gasteiger partial charge >= 0.3 is 0 Å². The molecule has 0 bridgehead atoms. The average Bonchev–Trinajstić information content (AvgIpc) is 2.77. The summed E-state index contributed by atoms with van der Waals surface area (Å²) in [6.07, 6.45) is 2.07. The molecule has 2 N–H and O–H groups in total. The smallest absolute Gasteiger partial charge is 0.126 e. The molecule has 2 rings (SSSR count). The first-order chi connectivity index (χ1) is 7.35. The second kappa shape index (κ2) is 4.55. The van der Waals surface area contributed by atoms with Crippen LogP contribution >= 0.6 is 0 Å². The Hall–Kier alpha value is -1.19. The average molecular weight is 204 g/mol. The number of nitrogens with one attached hydrogen (secondary N) is 2. The van der Waals surface area contributed by atoms with Gasteiger partial charge in [-0.1, -0.05) is 31.2 Å². The zero-order valence-corrected chi connectivity index (χ0v) is 8.86. The SMILES string of the molecule is CCc1ccc(C2NNCC2C=O)cc1. The van der Waals surface area contributed by atoms with E-state index in [1.54, 1.807) is 0 Å². The Bertz CT molecular complexity index is 334. The van der Waals surface area contributed by atoms with Crippen molar-refractivity contribution >= 4 is 6.29 Å². The summed E-state index contributed by atoms with van der Waals surface area (Å²) in [5.41, 5.74) is 8.65. The van der Waals surface area contributed by atoms with Crippen LogP contribution in [-0.2, 0) is 11.2 Å². The van der Waals surface area contributed by atoms with Crippen molar-refractivity contribution in [3.8, 4) is 0 Å². The fourth-order valence-corrected chi connectivity index (χ4v) is 1.93. The fraction of sp³-hybridized carbons (Fsp3) is 0.417. The first-order valence-electron chi connectivity index (χ1n) is 5.37. The van der Waals surface area contributed by atoms with Gasteiger partial charge in [0.25, 0.3) is 0 Å². The summed E-state index contributed by atoms with van der Waals surface area (Å²) < 4.78 is 0. The molecule has 0 radical (unpaired) electrons. The van der Waals surface area contributed by atoms with Crippen LogP contribution in [0.15, 0.2) is 24.3 Å². The van der Waals surface area contributed by atoms with E-state index in [9.17, 15) is 4.79 Å². The van der Waals surface area contributed by atoms with Crippen LogP contribution in [-0.4, -0.2) is 12.8 Å². The van der Waals surface area contributed by atoms with E-state index < -0.39 is 0 Å². The number of rotatable bonds is 3. The van der Waals surface area contributed by atoms with Crippen molar-refractivity contribution in [1.29, 1.82) is 0 Å². The molecule has 1 fully saturated rings. The lowest BCUT2D eigenvalue weighted by atomic mass is 9.95. The molecule has 3 heteroatoms. The maximum atomic E-state index is 10.8. The summed E-state index contributed by atoms with van der Waals surface area (Å²) in [5, 5.41) is 0. The van der Waals surface area contributed by atoms with Crippen molar-refractivity contribution in [2.24, 2.45) is 5.92 Å². The molecule has 1 saturated heterocycles. The van der Waals surface area contributed by atoms with Gasteiger partial charge in [-0.3, -0.25) is 5.43 Å². The molecule has 1 aromatic carbocycles. The third-order valence-electron chi connectivity index (χ3n) is 2.95. The Kier molecular flexibility index (Phi) is 3.14. The molecule has 0 saturated carbocycles. The maximum Gasteiger partial charge on any atom is 0.126 e. The van der Waals surface area contributed by atoms with Gasteiger partial charge in [0.15, 0.2) is 0 Å². The van der Waals surface area contributed by atoms with Gasteiger partial charge < -0.3 is 4.79 Å². The van der Waals surface area contributed by atoms with E-state index in [-0.39, 0.29) is 12.0 Å². The molecule has 2 atom stereocenters. The molecule has 1 aliphatic heterocycles. The Balaban J connectivity index is 2.17. The number of carbonyl (C=O) groups excluding carboxylic acids is 1. The molecular weight excluding hydrogens is 188 g/mol. The monoisotopic (exact) mass is 204 g/mol. The highest BCUT2D eigenvalue weighted by Crippen LogP contribution is 2.23. The van der Waals surface area contributed by atoms with Crippen molar-refractivity contribution in [3.05, 3.63) is 35.4 Å². The van der Waals surface area contributed by atoms with Crippen LogP contribution in [0.25, 0.3) is 0 Å². The van der Waals surface area contributed by atoms with E-state index in [1.807, 2.05) is 0 Å². The van der Waals surface area contributed by atoms with Crippen LogP contribution in [0.2, 0.25) is 0 Å². The van der Waals surface area contributed by atoms with E-state index in [4.69, 9.17) is 0 Å². The molecule has 2 unspecified atom stereocenters. The summed E-state index contributed by atoms with van der Waals surface area (Å²) in [4.78, 5) is 10.8. The van der Waals surface area contributed by atoms with Crippen LogP contribution in [0.4, 0.5) is 0 Å². The molecular formula is C12H16N2O. The number of benzene rings is 1. The quantitative estimate of drug-likeness (QED) is 0.727. The van der Waals surface area contributed by atoms with Gasteiger partial charge in [-0.15, -0.1) is 0 Å². The third-order valence-corrected chi connectivity index (χ3v) is 2.95. The number of hydrogen-bond acceptors (Lipinski definition) is 3. The predicted octanol–water partition coefficient (Wildman–Crippen LogP) is 1.21. The van der Waals surface area contributed by atoms with Crippen LogP contribution < -0.4 is 10.9 Å². The second-order valence-electron chi connectivity index (χ2n) is 3.90. The zero-order valence-electron chi connectivity index (χ0n) is 8.86. The van der Waals surface area contributed by atoms with Crippen molar-refractivity contribution in [1.82, 2.24) is 10.9 Å². The van der Waals surface area contributed by atoms with Crippen LogP contribution in [0, 0.1) is 5.92 Å². The molecule has 0 aliphatic carbocycles. The van der Waals surface area contributed by atoms with Crippen molar-refractivity contribution in [3.63, 3.8) is 0 Å². The number of carbonyl (C=O) groups is 1. The van der Waals surface area contributed by atoms with E-state index >= 15 is 0 Å². The summed E-state index contributed by atoms with van der Waals surface area (Å²) in [5.74, 6) is 0.0393. The van der Waals surface area contributed by atoms with Crippen LogP contribution in [0.3, 0.4) is 0 Å². The highest BCUT2D eigenvalue weighted by Gasteiger charge is 2.27. The topological polar surface area (TPSA) is 41.1 Å². The highest BCUT2D eigenvalue weighted by molar-refractivity contribution is 5.56. The Morgan fingerprint density at radius 3 is 2.73 bits per heavy atom. The van der Waals surface area contributed by atoms with Crippen LogP contribution in [0.1, 0.15) is 24.1 Å². The lowest BCUT2D eigenvalue weighted by molar-refractivity contribution is -0.111. The fourth-order valence-electron chi connectivity index (χ4n) is 1.93. The van der Waals surface area contributed by atoms with Gasteiger partial charge in [-0.2, -0.15) is 0 Å². The maximum absolute atomic E-state index is 10.8. The number of aldehydes is 1. The summed E-state index contributed by atoms with van der Waals surface area (Å²) in [6, 6.07) is 8.56. The highest BCUT2D eigenvalue weighted by atomic mass is 16.1. The van der Waals surface area contributed by atoms with Crippen molar-refractivity contribution in [2.45, 2.75) is 19.4 Å². The molecule has 1 aliphatic rings. The lowest BCUT2D eigenvalue weighted by Gasteiger charge is -2.14. The minimum Gasteiger partial charge on any atom is -0.303 e. The van der Waals surface area contributed by atoms with E-state index in [0.717, 1.165) is 12.7 Å². The van der Waals surface area contributed by atoms with Crippen LogP contribution in [0.5, 0.6) is 0 Å². The second-order valence-corrected chi connectivity index (χ2v) is 3.90. The van der Waals surface area contributed by atoms with E-state index in [0.29, 0.717) is 6.54 Å². The standard InChI is InChI=1S/C12H16N2O/c1-2-9-3-5-10(6-4-9)12-11(8-15)7-13-14-12/h3-6,8,11-14H,2,7H2,1H3. The van der Waals surface area contributed by atoms with Crippen molar-refractivity contribution in [2.75, 3.05) is 6.54 Å². The van der Waals surface area contributed by atoms with E-state index in [1.165, 1.54) is 11.1 Å². The molecule has 0 aromatic heterocycles. The molecule has 3 nitrogen and oxygen atoms in total. The summed E-state index contributed by atoms with van der Waals surface area (Å²) in [6.45, 7) is 2.85. The Morgan fingerprint density at radius 1 is 1.40 bits per heavy atom. The first-order valence-corrected chi connectivity index (χ1v) is 5.37. The van der Waals surface area contributed by atoms with Gasteiger partial charge in [-0.25, -0.2) is 5.43 Å². The van der Waals surface area contributed by atoms with Gasteiger partial charge in [-0.05, 0) is 17.5 Å². The predicted molar refractivity (Wildman–Crippen MR) is 59.3 cm³/mol. The summed E-state index contributed by atoms with van der Waals surface area (Å²) >= 11 is 0. The molecule has 0 amide bonds. The molecule has 0 spiro atoms. The number of hydrogen-bond donors (Lipinski definition) is 2. The third kappa shape index (κ3) is 2.08. The van der Waals surface area contributed by atoms with E-state index in [2.05, 4.69) is 42.0 Å². The van der Waals surface area contributed by atoms with Gasteiger partial charge in [0.1, 0.15) is 6.29 Å². The number of hydrazine groups is 1. The normalized spacial score (nSPS) is 25.4. The largest absolute Gasteiger partial charge is 0.303 e. The molecule has 1 heterocycles. The van der Waals surface area contributed by atoms with Gasteiger partial charge in [0, 0.05) is 12.5 Å². The van der Waals surface area contributed by atoms with Crippen molar-refractivity contribution < 1.29 is 4.79 Å². The molecule has 15 heavy (non-hydrogen) atoms. The zero-order chi connectivity index (χ0) is 10.7. The Labute approximate surface area is 89.8 Å². The minimum atomic E-state index is 0.0393. The summed E-state index contributed by atoms with van der Waals surface area (Å²) in [7, 11) is 0.